The number of rotatable bonds is 4. The fraction of sp³-hybridized carbons (Fsp3) is 0.529. The van der Waals surface area contributed by atoms with Crippen LogP contribution < -0.4 is 4.90 Å². The third kappa shape index (κ3) is 3.09. The Balaban J connectivity index is 1.45. The molecule has 0 N–H and O–H groups in total. The molecule has 1 aliphatic heterocycles. The van der Waals surface area contributed by atoms with E-state index in [9.17, 15) is 0 Å². The highest BCUT2D eigenvalue weighted by Crippen LogP contribution is 2.18. The molecule has 0 saturated carbocycles. The van der Waals surface area contributed by atoms with Crippen LogP contribution in [0.2, 0.25) is 0 Å². The van der Waals surface area contributed by atoms with Crippen LogP contribution in [-0.4, -0.2) is 60.2 Å². The fourth-order valence-corrected chi connectivity index (χ4v) is 3.40. The first kappa shape index (κ1) is 16.0. The molecule has 4 rings (SSSR count). The van der Waals surface area contributed by atoms with Gasteiger partial charge in [0.1, 0.15) is 11.6 Å². The largest absolute Gasteiger partial charge is 0.353 e. The Morgan fingerprint density at radius 2 is 1.92 bits per heavy atom. The Kier molecular flexibility index (Phi) is 4.12. The summed E-state index contributed by atoms with van der Waals surface area (Å²) >= 11 is 0. The summed E-state index contributed by atoms with van der Waals surface area (Å²) in [5.74, 6) is 2.92. The number of piperazine rings is 1. The van der Waals surface area contributed by atoms with Gasteiger partial charge in [0, 0.05) is 44.6 Å². The van der Waals surface area contributed by atoms with Gasteiger partial charge >= 0.3 is 0 Å². The molecule has 0 amide bonds. The second-order valence-electron chi connectivity index (χ2n) is 6.80. The normalized spacial score (nSPS) is 16.2. The molecule has 8 nitrogen and oxygen atoms in total. The van der Waals surface area contributed by atoms with Gasteiger partial charge in [0.05, 0.1) is 18.9 Å². The van der Waals surface area contributed by atoms with Gasteiger partial charge in [-0.1, -0.05) is 0 Å². The van der Waals surface area contributed by atoms with Crippen LogP contribution in [0.15, 0.2) is 24.8 Å². The van der Waals surface area contributed by atoms with E-state index in [0.29, 0.717) is 6.04 Å². The zero-order valence-corrected chi connectivity index (χ0v) is 15.0. The van der Waals surface area contributed by atoms with Crippen molar-refractivity contribution in [1.29, 1.82) is 0 Å². The van der Waals surface area contributed by atoms with Crippen molar-refractivity contribution in [3.05, 3.63) is 36.4 Å². The summed E-state index contributed by atoms with van der Waals surface area (Å²) in [4.78, 5) is 18.0. The Hall–Kier alpha value is -2.48. The predicted molar refractivity (Wildman–Crippen MR) is 95.6 cm³/mol. The van der Waals surface area contributed by atoms with E-state index >= 15 is 0 Å². The summed E-state index contributed by atoms with van der Waals surface area (Å²) in [6, 6.07) is 0.443. The molecule has 4 heterocycles. The highest BCUT2D eigenvalue weighted by atomic mass is 15.4. The van der Waals surface area contributed by atoms with E-state index in [1.54, 1.807) is 6.20 Å². The maximum Gasteiger partial charge on any atom is 0.176 e. The van der Waals surface area contributed by atoms with E-state index in [2.05, 4.69) is 54.5 Å². The standard InChI is InChI=1S/C17H24N8/c1-13(2)24-5-4-19-16(24)12-22-6-8-23(9-7-22)17-11-18-10-15-20-14(3)21-25(15)17/h4-5,10-11,13H,6-9,12H2,1-3H3. The highest BCUT2D eigenvalue weighted by molar-refractivity contribution is 5.47. The molecule has 1 fully saturated rings. The molecular formula is C17H24N8. The second kappa shape index (κ2) is 6.44. The summed E-state index contributed by atoms with van der Waals surface area (Å²) in [6.07, 6.45) is 7.59. The summed E-state index contributed by atoms with van der Waals surface area (Å²) < 4.78 is 4.14. The molecule has 132 valence electrons. The van der Waals surface area contributed by atoms with Gasteiger partial charge in [0.15, 0.2) is 11.5 Å². The minimum Gasteiger partial charge on any atom is -0.353 e. The molecule has 0 aliphatic carbocycles. The lowest BCUT2D eigenvalue weighted by molar-refractivity contribution is 0.238. The first-order chi connectivity index (χ1) is 12.1. The van der Waals surface area contributed by atoms with Crippen LogP contribution >= 0.6 is 0 Å². The predicted octanol–water partition coefficient (Wildman–Crippen LogP) is 1.53. The molecule has 0 unspecified atom stereocenters. The molecule has 0 aromatic carbocycles. The number of anilines is 1. The van der Waals surface area contributed by atoms with E-state index in [-0.39, 0.29) is 0 Å². The molecule has 0 bridgehead atoms. The minimum atomic E-state index is 0.443. The summed E-state index contributed by atoms with van der Waals surface area (Å²) in [6.45, 7) is 11.1. The number of aryl methyl sites for hydroxylation is 1. The summed E-state index contributed by atoms with van der Waals surface area (Å²) in [5, 5.41) is 4.50. The van der Waals surface area contributed by atoms with Crippen LogP contribution in [0.3, 0.4) is 0 Å². The molecule has 1 aliphatic rings. The van der Waals surface area contributed by atoms with Crippen LogP contribution in [0.1, 0.15) is 31.5 Å². The Labute approximate surface area is 147 Å². The topological polar surface area (TPSA) is 67.4 Å². The number of hydrogen-bond donors (Lipinski definition) is 0. The van der Waals surface area contributed by atoms with Crippen molar-refractivity contribution in [1.82, 2.24) is 34.0 Å². The molecule has 0 atom stereocenters. The van der Waals surface area contributed by atoms with Gasteiger partial charge in [-0.2, -0.15) is 4.52 Å². The average molecular weight is 340 g/mol. The van der Waals surface area contributed by atoms with E-state index in [1.807, 2.05) is 23.8 Å². The van der Waals surface area contributed by atoms with Crippen LogP contribution in [0.5, 0.6) is 0 Å². The van der Waals surface area contributed by atoms with Crippen molar-refractivity contribution in [2.75, 3.05) is 31.1 Å². The molecule has 3 aromatic heterocycles. The lowest BCUT2D eigenvalue weighted by Crippen LogP contribution is -2.47. The molecule has 25 heavy (non-hydrogen) atoms. The maximum atomic E-state index is 4.53. The molecule has 0 spiro atoms. The van der Waals surface area contributed by atoms with E-state index in [1.165, 1.54) is 0 Å². The van der Waals surface area contributed by atoms with Crippen molar-refractivity contribution < 1.29 is 0 Å². The van der Waals surface area contributed by atoms with Crippen LogP contribution in [0.4, 0.5) is 5.82 Å². The van der Waals surface area contributed by atoms with Gasteiger partial charge in [0.2, 0.25) is 0 Å². The minimum absolute atomic E-state index is 0.443. The quantitative estimate of drug-likeness (QED) is 0.718. The third-order valence-electron chi connectivity index (χ3n) is 4.70. The van der Waals surface area contributed by atoms with E-state index in [0.717, 1.165) is 55.8 Å². The molecule has 0 radical (unpaired) electrons. The third-order valence-corrected chi connectivity index (χ3v) is 4.70. The number of hydrogen-bond acceptors (Lipinski definition) is 6. The fourth-order valence-electron chi connectivity index (χ4n) is 3.40. The maximum absolute atomic E-state index is 4.53. The smallest absolute Gasteiger partial charge is 0.176 e. The monoisotopic (exact) mass is 340 g/mol. The van der Waals surface area contributed by atoms with Crippen LogP contribution in [-0.2, 0) is 6.54 Å². The van der Waals surface area contributed by atoms with Crippen molar-refractivity contribution >= 4 is 11.5 Å². The van der Waals surface area contributed by atoms with Gasteiger partial charge in [0.25, 0.3) is 0 Å². The number of aromatic nitrogens is 6. The number of imidazole rings is 1. The van der Waals surface area contributed by atoms with E-state index in [4.69, 9.17) is 0 Å². The second-order valence-corrected chi connectivity index (χ2v) is 6.80. The summed E-state index contributed by atoms with van der Waals surface area (Å²) in [7, 11) is 0. The molecule has 3 aromatic rings. The lowest BCUT2D eigenvalue weighted by Gasteiger charge is -2.35. The van der Waals surface area contributed by atoms with Gasteiger partial charge in [-0.05, 0) is 20.8 Å². The highest BCUT2D eigenvalue weighted by Gasteiger charge is 2.21. The van der Waals surface area contributed by atoms with Crippen molar-refractivity contribution in [2.24, 2.45) is 0 Å². The first-order valence-electron chi connectivity index (χ1n) is 8.78. The van der Waals surface area contributed by atoms with Gasteiger partial charge in [-0.25, -0.2) is 9.97 Å². The number of nitrogens with zero attached hydrogens (tertiary/aromatic N) is 8. The lowest BCUT2D eigenvalue weighted by atomic mass is 10.3. The molecule has 8 heteroatoms. The Bertz CT molecular complexity index is 857. The van der Waals surface area contributed by atoms with Crippen LogP contribution in [0.25, 0.3) is 5.65 Å². The van der Waals surface area contributed by atoms with Gasteiger partial charge < -0.3 is 9.47 Å². The average Bonchev–Trinajstić information content (AvgIpc) is 3.20. The van der Waals surface area contributed by atoms with Gasteiger partial charge in [-0.3, -0.25) is 9.88 Å². The van der Waals surface area contributed by atoms with Crippen molar-refractivity contribution in [3.63, 3.8) is 0 Å². The van der Waals surface area contributed by atoms with E-state index < -0.39 is 0 Å². The SMILES string of the molecule is Cc1nc2cncc(N3CCN(Cc4nccn4C(C)C)CC3)n2n1. The summed E-state index contributed by atoms with van der Waals surface area (Å²) in [5.41, 5.74) is 0.802. The first-order valence-corrected chi connectivity index (χ1v) is 8.78. The molecule has 1 saturated heterocycles. The Morgan fingerprint density at radius 3 is 2.68 bits per heavy atom. The zero-order valence-electron chi connectivity index (χ0n) is 15.0. The Morgan fingerprint density at radius 1 is 1.12 bits per heavy atom. The number of fused-ring (bicyclic) bond motifs is 1. The van der Waals surface area contributed by atoms with Crippen molar-refractivity contribution in [3.8, 4) is 0 Å². The van der Waals surface area contributed by atoms with Gasteiger partial charge in [-0.15, -0.1) is 5.10 Å². The van der Waals surface area contributed by atoms with Crippen LogP contribution in [0, 0.1) is 6.92 Å². The molecular weight excluding hydrogens is 316 g/mol. The van der Waals surface area contributed by atoms with Crippen molar-refractivity contribution in [2.45, 2.75) is 33.4 Å². The zero-order chi connectivity index (χ0) is 17.4.